The molecule has 0 saturated heterocycles. The summed E-state index contributed by atoms with van der Waals surface area (Å²) in [6.45, 7) is 3.54. The largest absolute Gasteiger partial charge is 0.452 e. The number of ether oxygens (including phenoxy) is 4. The van der Waals surface area contributed by atoms with Gasteiger partial charge in [-0.2, -0.15) is 0 Å². The molecule has 0 bridgehead atoms. The molecule has 0 aromatic heterocycles. The second-order valence-electron chi connectivity index (χ2n) is 3.88. The van der Waals surface area contributed by atoms with Crippen LogP contribution in [0, 0.1) is 6.07 Å². The van der Waals surface area contributed by atoms with Gasteiger partial charge in [-0.15, -0.1) is 0 Å². The maximum atomic E-state index is 5.78. The molecule has 0 saturated carbocycles. The van der Waals surface area contributed by atoms with E-state index in [1.165, 1.54) is 0 Å². The summed E-state index contributed by atoms with van der Waals surface area (Å²) < 4.78 is 22.3. The van der Waals surface area contributed by atoms with Crippen molar-refractivity contribution in [2.45, 2.75) is 25.4 Å². The SMILES string of the molecule is COC1(C)Oc2c[c]ccc2OC1(C)OC. The second-order valence-corrected chi connectivity index (χ2v) is 3.88. The van der Waals surface area contributed by atoms with E-state index in [-0.39, 0.29) is 0 Å². The van der Waals surface area contributed by atoms with Gasteiger partial charge in [0.15, 0.2) is 11.5 Å². The Morgan fingerprint density at radius 1 is 1.06 bits per heavy atom. The van der Waals surface area contributed by atoms with Gasteiger partial charge in [0.2, 0.25) is 0 Å². The van der Waals surface area contributed by atoms with Crippen molar-refractivity contribution in [1.29, 1.82) is 0 Å². The maximum Gasteiger partial charge on any atom is 0.273 e. The number of benzene rings is 1. The first-order valence-electron chi connectivity index (χ1n) is 5.03. The number of rotatable bonds is 2. The van der Waals surface area contributed by atoms with Crippen LogP contribution in [0.2, 0.25) is 0 Å². The zero-order valence-electron chi connectivity index (χ0n) is 9.87. The van der Waals surface area contributed by atoms with E-state index in [4.69, 9.17) is 18.9 Å². The van der Waals surface area contributed by atoms with Crippen LogP contribution in [0.5, 0.6) is 11.5 Å². The molecule has 1 radical (unpaired) electrons. The zero-order valence-corrected chi connectivity index (χ0v) is 9.87. The topological polar surface area (TPSA) is 36.9 Å². The quantitative estimate of drug-likeness (QED) is 0.768. The predicted molar refractivity (Wildman–Crippen MR) is 57.4 cm³/mol. The van der Waals surface area contributed by atoms with E-state index in [0.29, 0.717) is 11.5 Å². The zero-order chi connectivity index (χ0) is 11.8. The highest BCUT2D eigenvalue weighted by molar-refractivity contribution is 5.41. The summed E-state index contributed by atoms with van der Waals surface area (Å²) in [7, 11) is 3.11. The first-order chi connectivity index (χ1) is 7.54. The van der Waals surface area contributed by atoms with Crippen LogP contribution in [0.15, 0.2) is 18.2 Å². The fourth-order valence-corrected chi connectivity index (χ4v) is 1.62. The first kappa shape index (κ1) is 11.2. The van der Waals surface area contributed by atoms with Crippen molar-refractivity contribution in [3.05, 3.63) is 24.3 Å². The lowest BCUT2D eigenvalue weighted by Crippen LogP contribution is -2.62. The molecule has 0 amide bonds. The summed E-state index contributed by atoms with van der Waals surface area (Å²) >= 11 is 0. The number of fused-ring (bicyclic) bond motifs is 1. The van der Waals surface area contributed by atoms with E-state index in [1.807, 2.05) is 0 Å². The molecular weight excluding hydrogens is 208 g/mol. The fourth-order valence-electron chi connectivity index (χ4n) is 1.62. The third-order valence-corrected chi connectivity index (χ3v) is 3.00. The molecule has 1 aromatic rings. The lowest BCUT2D eigenvalue weighted by molar-refractivity contribution is -0.345. The van der Waals surface area contributed by atoms with Crippen LogP contribution in [0.3, 0.4) is 0 Å². The summed E-state index contributed by atoms with van der Waals surface area (Å²) in [6.07, 6.45) is 0. The minimum Gasteiger partial charge on any atom is -0.452 e. The molecule has 4 heteroatoms. The molecule has 2 rings (SSSR count). The van der Waals surface area contributed by atoms with Crippen molar-refractivity contribution in [1.82, 2.24) is 0 Å². The molecule has 0 aliphatic carbocycles. The van der Waals surface area contributed by atoms with Crippen molar-refractivity contribution in [2.24, 2.45) is 0 Å². The van der Waals surface area contributed by atoms with Crippen molar-refractivity contribution >= 4 is 0 Å². The number of hydrogen-bond acceptors (Lipinski definition) is 4. The Morgan fingerprint density at radius 2 is 1.62 bits per heavy atom. The van der Waals surface area contributed by atoms with Gasteiger partial charge < -0.3 is 18.9 Å². The lowest BCUT2D eigenvalue weighted by Gasteiger charge is -2.46. The molecular formula is C12H15O4. The highest BCUT2D eigenvalue weighted by atomic mass is 16.8. The van der Waals surface area contributed by atoms with Crippen molar-refractivity contribution in [2.75, 3.05) is 14.2 Å². The third-order valence-electron chi connectivity index (χ3n) is 3.00. The Kier molecular flexibility index (Phi) is 2.56. The van der Waals surface area contributed by atoms with E-state index in [1.54, 1.807) is 46.3 Å². The van der Waals surface area contributed by atoms with E-state index in [2.05, 4.69) is 6.07 Å². The van der Waals surface area contributed by atoms with Crippen LogP contribution in [-0.2, 0) is 9.47 Å². The van der Waals surface area contributed by atoms with Crippen molar-refractivity contribution in [3.8, 4) is 11.5 Å². The molecule has 1 aliphatic rings. The van der Waals surface area contributed by atoms with Gasteiger partial charge >= 0.3 is 0 Å². The first-order valence-corrected chi connectivity index (χ1v) is 5.03. The van der Waals surface area contributed by atoms with E-state index in [0.717, 1.165) is 0 Å². The van der Waals surface area contributed by atoms with Crippen LogP contribution < -0.4 is 9.47 Å². The molecule has 0 N–H and O–H groups in total. The molecule has 0 fully saturated rings. The Balaban J connectivity index is 2.45. The average molecular weight is 223 g/mol. The monoisotopic (exact) mass is 223 g/mol. The summed E-state index contributed by atoms with van der Waals surface area (Å²) in [5.74, 6) is -0.765. The number of methoxy groups -OCH3 is 2. The maximum absolute atomic E-state index is 5.78. The minimum atomic E-state index is -0.996. The molecule has 0 spiro atoms. The van der Waals surface area contributed by atoms with Gasteiger partial charge in [-0.25, -0.2) is 0 Å². The van der Waals surface area contributed by atoms with Gasteiger partial charge in [0, 0.05) is 28.1 Å². The second kappa shape index (κ2) is 3.64. The van der Waals surface area contributed by atoms with E-state index in [9.17, 15) is 0 Å². The van der Waals surface area contributed by atoms with Gasteiger partial charge in [-0.05, 0) is 18.2 Å². The lowest BCUT2D eigenvalue weighted by atomic mass is 10.1. The molecule has 1 aromatic carbocycles. The molecule has 2 unspecified atom stereocenters. The Labute approximate surface area is 95.1 Å². The van der Waals surface area contributed by atoms with Gasteiger partial charge in [0.1, 0.15) is 0 Å². The average Bonchev–Trinajstić information content (AvgIpc) is 2.30. The summed E-state index contributed by atoms with van der Waals surface area (Å²) in [5, 5.41) is 0. The summed E-state index contributed by atoms with van der Waals surface area (Å²) in [6, 6.07) is 8.17. The van der Waals surface area contributed by atoms with Crippen LogP contribution in [0.1, 0.15) is 13.8 Å². The molecule has 16 heavy (non-hydrogen) atoms. The Hall–Kier alpha value is -1.26. The van der Waals surface area contributed by atoms with Gasteiger partial charge in [0.25, 0.3) is 11.6 Å². The molecule has 87 valence electrons. The van der Waals surface area contributed by atoms with Gasteiger partial charge in [0.05, 0.1) is 0 Å². The smallest absolute Gasteiger partial charge is 0.273 e. The summed E-state index contributed by atoms with van der Waals surface area (Å²) in [5.41, 5.74) is 0. The molecule has 1 heterocycles. The van der Waals surface area contributed by atoms with Gasteiger partial charge in [-0.1, -0.05) is 6.07 Å². The number of hydrogen-bond donors (Lipinski definition) is 0. The molecule has 1 aliphatic heterocycles. The van der Waals surface area contributed by atoms with Crippen LogP contribution in [0.25, 0.3) is 0 Å². The highest BCUT2D eigenvalue weighted by Gasteiger charge is 2.54. The van der Waals surface area contributed by atoms with Gasteiger partial charge in [-0.3, -0.25) is 0 Å². The van der Waals surface area contributed by atoms with Crippen LogP contribution >= 0.6 is 0 Å². The fraction of sp³-hybridized carbons (Fsp3) is 0.500. The third kappa shape index (κ3) is 1.45. The van der Waals surface area contributed by atoms with Crippen LogP contribution in [-0.4, -0.2) is 25.8 Å². The normalized spacial score (nSPS) is 32.5. The molecule has 4 nitrogen and oxygen atoms in total. The minimum absolute atomic E-state index is 0.598. The van der Waals surface area contributed by atoms with Crippen molar-refractivity contribution < 1.29 is 18.9 Å². The van der Waals surface area contributed by atoms with E-state index < -0.39 is 11.6 Å². The summed E-state index contributed by atoms with van der Waals surface area (Å²) in [4.78, 5) is 0. The standard InChI is InChI=1S/C12H15O4/c1-11(13-3)12(2,14-4)16-10-8-6-5-7-9(10)15-11/h5,7-8H,1-4H3. The van der Waals surface area contributed by atoms with Crippen molar-refractivity contribution in [3.63, 3.8) is 0 Å². The Morgan fingerprint density at radius 3 is 2.19 bits per heavy atom. The molecule has 2 atom stereocenters. The van der Waals surface area contributed by atoms with Crippen LogP contribution in [0.4, 0.5) is 0 Å². The highest BCUT2D eigenvalue weighted by Crippen LogP contribution is 2.43. The van der Waals surface area contributed by atoms with E-state index >= 15 is 0 Å². The predicted octanol–water partition coefficient (Wildman–Crippen LogP) is 1.98. The Bertz CT molecular complexity index is 355.